The smallest absolute Gasteiger partial charge is 0.123 e. The molecule has 4 rings (SSSR count). The third-order valence-corrected chi connectivity index (χ3v) is 5.96. The summed E-state index contributed by atoms with van der Waals surface area (Å²) >= 11 is 7.03. The maximum Gasteiger partial charge on any atom is 0.123 e. The van der Waals surface area contributed by atoms with Gasteiger partial charge in [0.1, 0.15) is 11.6 Å². The van der Waals surface area contributed by atoms with Gasteiger partial charge >= 0.3 is 0 Å². The summed E-state index contributed by atoms with van der Waals surface area (Å²) in [5, 5.41) is 0. The Balaban J connectivity index is 1.55. The molecule has 156 valence electrons. The van der Waals surface area contributed by atoms with Crippen LogP contribution in [0.2, 0.25) is 0 Å². The normalized spacial score (nSPS) is 11.0. The van der Waals surface area contributed by atoms with Crippen molar-refractivity contribution in [2.45, 2.75) is 13.2 Å². The quantitative estimate of drug-likeness (QED) is 0.237. The second-order valence-electron chi connectivity index (χ2n) is 7.11. The largest absolute Gasteiger partial charge is 0.372 e. The van der Waals surface area contributed by atoms with Crippen molar-refractivity contribution in [3.8, 4) is 22.3 Å². The first kappa shape index (κ1) is 21.9. The molecule has 0 saturated carbocycles. The van der Waals surface area contributed by atoms with Crippen molar-refractivity contribution in [1.82, 2.24) is 0 Å². The second kappa shape index (κ2) is 9.86. The Labute approximate surface area is 197 Å². The van der Waals surface area contributed by atoms with Crippen LogP contribution in [0.3, 0.4) is 0 Å². The zero-order valence-electron chi connectivity index (χ0n) is 16.4. The van der Waals surface area contributed by atoms with Gasteiger partial charge in [-0.15, -0.1) is 0 Å². The van der Waals surface area contributed by atoms with Crippen molar-refractivity contribution < 1.29 is 13.5 Å². The molecule has 0 unspecified atom stereocenters. The lowest BCUT2D eigenvalue weighted by Gasteiger charge is -2.14. The third kappa shape index (κ3) is 5.48. The van der Waals surface area contributed by atoms with Gasteiger partial charge in [-0.05, 0) is 81.9 Å². The first-order valence-electron chi connectivity index (χ1n) is 9.66. The summed E-state index contributed by atoms with van der Waals surface area (Å²) in [5.74, 6) is -0.528. The van der Waals surface area contributed by atoms with Gasteiger partial charge in [-0.3, -0.25) is 0 Å². The Morgan fingerprint density at radius 1 is 0.548 bits per heavy atom. The van der Waals surface area contributed by atoms with E-state index in [4.69, 9.17) is 4.74 Å². The maximum atomic E-state index is 13.3. The predicted octanol–water partition coefficient (Wildman–Crippen LogP) is 8.54. The molecule has 0 aromatic heterocycles. The van der Waals surface area contributed by atoms with E-state index in [0.29, 0.717) is 13.2 Å². The molecule has 0 aliphatic rings. The van der Waals surface area contributed by atoms with Crippen molar-refractivity contribution >= 4 is 31.9 Å². The summed E-state index contributed by atoms with van der Waals surface area (Å²) in [6, 6.07) is 24.9. The Hall–Kier alpha value is -2.34. The number of hydrogen-bond acceptors (Lipinski definition) is 1. The van der Waals surface area contributed by atoms with Gasteiger partial charge in [-0.2, -0.15) is 0 Å². The summed E-state index contributed by atoms with van der Waals surface area (Å²) in [4.78, 5) is 0. The minimum Gasteiger partial charge on any atom is -0.372 e. The molecule has 0 bridgehead atoms. The fourth-order valence-corrected chi connectivity index (χ4v) is 4.14. The van der Waals surface area contributed by atoms with Gasteiger partial charge in [0.2, 0.25) is 0 Å². The van der Waals surface area contributed by atoms with E-state index in [9.17, 15) is 8.78 Å². The number of hydrogen-bond donors (Lipinski definition) is 0. The maximum absolute atomic E-state index is 13.3. The van der Waals surface area contributed by atoms with Crippen LogP contribution in [0.15, 0.2) is 93.9 Å². The molecule has 4 aromatic carbocycles. The van der Waals surface area contributed by atoms with E-state index < -0.39 is 0 Å². The van der Waals surface area contributed by atoms with Gasteiger partial charge < -0.3 is 4.74 Å². The summed E-state index contributed by atoms with van der Waals surface area (Å²) < 4.78 is 34.7. The first-order chi connectivity index (χ1) is 15.0. The minimum absolute atomic E-state index is 0.264. The van der Waals surface area contributed by atoms with E-state index in [1.165, 1.54) is 24.3 Å². The number of ether oxygens (including phenoxy) is 1. The molecule has 0 N–H and O–H groups in total. The minimum atomic E-state index is -0.264. The molecule has 4 aromatic rings. The summed E-state index contributed by atoms with van der Waals surface area (Å²) in [6.45, 7) is 0.803. The molecule has 0 atom stereocenters. The second-order valence-corrected chi connectivity index (χ2v) is 8.94. The van der Waals surface area contributed by atoms with Crippen LogP contribution in [0.5, 0.6) is 0 Å². The fraction of sp³-hybridized carbons (Fsp3) is 0.0769. The fourth-order valence-electron chi connectivity index (χ4n) is 3.42. The van der Waals surface area contributed by atoms with Crippen LogP contribution in [-0.4, -0.2) is 0 Å². The van der Waals surface area contributed by atoms with Crippen LogP contribution < -0.4 is 0 Å². The standard InChI is InChI=1S/C26H18Br2F2O/c27-21-7-1-19(25(13-21)17-3-9-23(29)10-4-17)15-31-16-20-2-8-22(28)14-26(20)18-5-11-24(30)12-6-18/h1-14H,15-16H2. The zero-order chi connectivity index (χ0) is 21.8. The topological polar surface area (TPSA) is 9.23 Å². The first-order valence-corrected chi connectivity index (χ1v) is 11.2. The number of halogens is 4. The van der Waals surface area contributed by atoms with Gasteiger partial charge in [-0.1, -0.05) is 68.3 Å². The van der Waals surface area contributed by atoms with Crippen molar-refractivity contribution in [1.29, 1.82) is 0 Å². The molecule has 0 aliphatic heterocycles. The van der Waals surface area contributed by atoms with Crippen LogP contribution in [0, 0.1) is 11.6 Å². The molecule has 0 fully saturated rings. The lowest BCUT2D eigenvalue weighted by atomic mass is 9.99. The summed E-state index contributed by atoms with van der Waals surface area (Å²) in [5.41, 5.74) is 5.85. The van der Waals surface area contributed by atoms with E-state index in [-0.39, 0.29) is 11.6 Å². The lowest BCUT2D eigenvalue weighted by Crippen LogP contribution is -1.99. The molecule has 0 aliphatic carbocycles. The lowest BCUT2D eigenvalue weighted by molar-refractivity contribution is 0.108. The third-order valence-electron chi connectivity index (χ3n) is 4.97. The Morgan fingerprint density at radius 3 is 1.32 bits per heavy atom. The van der Waals surface area contributed by atoms with E-state index >= 15 is 0 Å². The van der Waals surface area contributed by atoms with Crippen LogP contribution in [0.25, 0.3) is 22.3 Å². The molecule has 0 amide bonds. The van der Waals surface area contributed by atoms with Crippen LogP contribution in [0.1, 0.15) is 11.1 Å². The van der Waals surface area contributed by atoms with E-state index in [2.05, 4.69) is 31.9 Å². The van der Waals surface area contributed by atoms with E-state index in [1.54, 1.807) is 24.3 Å². The van der Waals surface area contributed by atoms with Gasteiger partial charge in [-0.25, -0.2) is 8.78 Å². The van der Waals surface area contributed by atoms with Crippen LogP contribution in [0.4, 0.5) is 8.78 Å². The van der Waals surface area contributed by atoms with E-state index in [0.717, 1.165) is 42.3 Å². The van der Waals surface area contributed by atoms with Crippen LogP contribution in [-0.2, 0) is 18.0 Å². The highest BCUT2D eigenvalue weighted by Gasteiger charge is 2.10. The van der Waals surface area contributed by atoms with Gasteiger partial charge in [0.15, 0.2) is 0 Å². The molecule has 5 heteroatoms. The number of rotatable bonds is 6. The van der Waals surface area contributed by atoms with Crippen molar-refractivity contribution in [3.05, 3.63) is 117 Å². The summed E-state index contributed by atoms with van der Waals surface area (Å²) in [6.07, 6.45) is 0. The molecule has 0 spiro atoms. The van der Waals surface area contributed by atoms with Crippen molar-refractivity contribution in [2.75, 3.05) is 0 Å². The average molecular weight is 544 g/mol. The average Bonchev–Trinajstić information content (AvgIpc) is 2.77. The van der Waals surface area contributed by atoms with Gasteiger partial charge in [0.05, 0.1) is 13.2 Å². The highest BCUT2D eigenvalue weighted by atomic mass is 79.9. The summed E-state index contributed by atoms with van der Waals surface area (Å²) in [7, 11) is 0. The molecular weight excluding hydrogens is 526 g/mol. The predicted molar refractivity (Wildman–Crippen MR) is 128 cm³/mol. The molecule has 0 heterocycles. The number of benzene rings is 4. The molecule has 31 heavy (non-hydrogen) atoms. The SMILES string of the molecule is Fc1ccc(-c2cc(Br)ccc2COCc2ccc(Br)cc2-c2ccc(F)cc2)cc1. The Bertz CT molecular complexity index is 1090. The molecular formula is C26H18Br2F2O. The zero-order valence-corrected chi connectivity index (χ0v) is 19.6. The van der Waals surface area contributed by atoms with Gasteiger partial charge in [0, 0.05) is 8.95 Å². The monoisotopic (exact) mass is 542 g/mol. The Kier molecular flexibility index (Phi) is 6.96. The van der Waals surface area contributed by atoms with Crippen molar-refractivity contribution in [2.24, 2.45) is 0 Å². The van der Waals surface area contributed by atoms with E-state index in [1.807, 2.05) is 36.4 Å². The Morgan fingerprint density at radius 2 is 0.935 bits per heavy atom. The molecule has 0 radical (unpaired) electrons. The highest BCUT2D eigenvalue weighted by molar-refractivity contribution is 9.10. The molecule has 0 saturated heterocycles. The van der Waals surface area contributed by atoms with Gasteiger partial charge in [0.25, 0.3) is 0 Å². The molecule has 1 nitrogen and oxygen atoms in total. The highest BCUT2D eigenvalue weighted by Crippen LogP contribution is 2.30. The van der Waals surface area contributed by atoms with Crippen LogP contribution >= 0.6 is 31.9 Å². The van der Waals surface area contributed by atoms with Crippen molar-refractivity contribution in [3.63, 3.8) is 0 Å².